The van der Waals surface area contributed by atoms with E-state index in [1.54, 1.807) is 84.9 Å². The Balaban J connectivity index is 1.17. The van der Waals surface area contributed by atoms with Crippen LogP contribution in [0.5, 0.6) is 0 Å². The number of hydrogen-bond acceptors (Lipinski definition) is 13. The zero-order valence-electron chi connectivity index (χ0n) is 33.1. The summed E-state index contributed by atoms with van der Waals surface area (Å²) in [6.07, 6.45) is -12.3. The zero-order chi connectivity index (χ0) is 43.0. The molecule has 2 aliphatic rings. The van der Waals surface area contributed by atoms with Gasteiger partial charge in [-0.15, -0.1) is 0 Å². The molecule has 17 heteroatoms. The molecule has 61 heavy (non-hydrogen) atoms. The summed E-state index contributed by atoms with van der Waals surface area (Å²) in [5.41, 5.74) is 2.87. The van der Waals surface area contributed by atoms with Crippen LogP contribution in [0.3, 0.4) is 0 Å². The number of rotatable bonds is 15. The van der Waals surface area contributed by atoms with Gasteiger partial charge in [-0.3, -0.25) is 0 Å². The number of alkyl carbamates (subject to hydrolysis) is 4. The Labute approximate surface area is 352 Å². The van der Waals surface area contributed by atoms with E-state index in [1.807, 2.05) is 36.4 Å². The molecule has 0 radical (unpaired) electrons. The molecule has 9 atom stereocenters. The standard InChI is InChI=1S/C44H50N4O13/c49-36-34(47-43(54)58-26-30-17-9-3-10-18-30)37(50)38(51)39(35(36)48-44(55)59-27-31-19-11-4-12-20-31)61-40-33(46-42(53)57-25-29-15-7-2-8-16-29)22-21-32(60-40)23-45-41(52)56-24-28-13-5-1-6-14-28/h1-20,32-40,49-51H,21-27H2,(H,45,52)(H,46,53)(H,47,54)(H,48,55)/t32?,33?,34-,35+,36?,37+,38?,39?,40-/m1/s1. The first-order valence-electron chi connectivity index (χ1n) is 19.8. The van der Waals surface area contributed by atoms with Crippen LogP contribution in [0.25, 0.3) is 0 Å². The summed E-state index contributed by atoms with van der Waals surface area (Å²) < 4.78 is 34.0. The highest BCUT2D eigenvalue weighted by Crippen LogP contribution is 2.30. The van der Waals surface area contributed by atoms with Crippen molar-refractivity contribution in [1.29, 1.82) is 0 Å². The average molecular weight is 843 g/mol. The minimum absolute atomic E-state index is 0.0357. The Hall–Kier alpha value is -6.24. The van der Waals surface area contributed by atoms with Crippen molar-refractivity contribution < 1.29 is 62.9 Å². The van der Waals surface area contributed by atoms with Crippen LogP contribution in [0.15, 0.2) is 121 Å². The van der Waals surface area contributed by atoms with Crippen molar-refractivity contribution in [3.8, 4) is 0 Å². The number of aliphatic hydroxyl groups excluding tert-OH is 3. The van der Waals surface area contributed by atoms with Gasteiger partial charge in [-0.1, -0.05) is 121 Å². The van der Waals surface area contributed by atoms with E-state index >= 15 is 0 Å². The van der Waals surface area contributed by atoms with Crippen molar-refractivity contribution in [2.75, 3.05) is 6.54 Å². The van der Waals surface area contributed by atoms with Crippen LogP contribution in [0.2, 0.25) is 0 Å². The van der Waals surface area contributed by atoms with Gasteiger partial charge >= 0.3 is 24.4 Å². The van der Waals surface area contributed by atoms with Gasteiger partial charge in [0.2, 0.25) is 0 Å². The van der Waals surface area contributed by atoms with E-state index < -0.39 is 79.3 Å². The highest BCUT2D eigenvalue weighted by Gasteiger charge is 2.53. The summed E-state index contributed by atoms with van der Waals surface area (Å²) in [4.78, 5) is 51.9. The number of aliphatic hydroxyl groups is 3. The molecule has 1 aliphatic carbocycles. The smallest absolute Gasteiger partial charge is 0.407 e. The number of ether oxygens (including phenoxy) is 6. The summed E-state index contributed by atoms with van der Waals surface area (Å²) in [7, 11) is 0. The molecule has 324 valence electrons. The van der Waals surface area contributed by atoms with Crippen molar-refractivity contribution in [2.24, 2.45) is 0 Å². The molecule has 1 aliphatic heterocycles. The van der Waals surface area contributed by atoms with Crippen LogP contribution in [0.1, 0.15) is 35.1 Å². The quantitative estimate of drug-likeness (QED) is 0.0846. The number of carbonyl (C=O) groups excluding carboxylic acids is 4. The lowest BCUT2D eigenvalue weighted by atomic mass is 9.81. The molecule has 0 spiro atoms. The van der Waals surface area contributed by atoms with Gasteiger partial charge in [0, 0.05) is 6.54 Å². The monoisotopic (exact) mass is 842 g/mol. The first kappa shape index (κ1) is 44.3. The molecular weight excluding hydrogens is 792 g/mol. The largest absolute Gasteiger partial charge is 0.445 e. The molecule has 1 heterocycles. The lowest BCUT2D eigenvalue weighted by Crippen LogP contribution is -2.73. The number of benzene rings is 4. The molecule has 0 aromatic heterocycles. The third kappa shape index (κ3) is 13.4. The van der Waals surface area contributed by atoms with Gasteiger partial charge in [0.15, 0.2) is 6.29 Å². The highest BCUT2D eigenvalue weighted by atomic mass is 16.7. The van der Waals surface area contributed by atoms with E-state index in [2.05, 4.69) is 21.3 Å². The Morgan fingerprint density at radius 2 is 0.918 bits per heavy atom. The minimum Gasteiger partial charge on any atom is -0.445 e. The molecule has 4 amide bonds. The van der Waals surface area contributed by atoms with Crippen molar-refractivity contribution >= 4 is 24.4 Å². The van der Waals surface area contributed by atoms with Crippen molar-refractivity contribution in [3.05, 3.63) is 144 Å². The van der Waals surface area contributed by atoms with Crippen molar-refractivity contribution in [1.82, 2.24) is 21.3 Å². The normalized spacial score (nSPS) is 24.6. The van der Waals surface area contributed by atoms with Gasteiger partial charge in [-0.05, 0) is 35.1 Å². The summed E-state index contributed by atoms with van der Waals surface area (Å²) >= 11 is 0. The van der Waals surface area contributed by atoms with Crippen LogP contribution in [0.4, 0.5) is 19.2 Å². The molecule has 1 saturated carbocycles. The maximum absolute atomic E-state index is 13.3. The van der Waals surface area contributed by atoms with E-state index in [9.17, 15) is 34.5 Å². The van der Waals surface area contributed by atoms with Gasteiger partial charge in [-0.2, -0.15) is 0 Å². The maximum atomic E-state index is 13.3. The topological polar surface area (TPSA) is 232 Å². The van der Waals surface area contributed by atoms with Gasteiger partial charge in [0.1, 0.15) is 44.7 Å². The summed E-state index contributed by atoms with van der Waals surface area (Å²) in [5, 5.41) is 45.0. The van der Waals surface area contributed by atoms with E-state index in [1.165, 1.54) is 0 Å². The molecule has 7 N–H and O–H groups in total. The molecule has 4 aromatic carbocycles. The molecular formula is C44H50N4O13. The van der Waals surface area contributed by atoms with E-state index in [0.29, 0.717) is 17.5 Å². The molecule has 6 rings (SSSR count). The fourth-order valence-electron chi connectivity index (χ4n) is 6.86. The summed E-state index contributed by atoms with van der Waals surface area (Å²) in [5.74, 6) is 0. The Morgan fingerprint density at radius 1 is 0.508 bits per heavy atom. The Morgan fingerprint density at radius 3 is 1.38 bits per heavy atom. The average Bonchev–Trinajstić information content (AvgIpc) is 3.29. The van der Waals surface area contributed by atoms with Crippen LogP contribution >= 0.6 is 0 Å². The van der Waals surface area contributed by atoms with Crippen LogP contribution < -0.4 is 21.3 Å². The van der Waals surface area contributed by atoms with Crippen LogP contribution in [-0.2, 0) is 54.8 Å². The van der Waals surface area contributed by atoms with Crippen LogP contribution in [0, 0.1) is 0 Å². The fourth-order valence-corrected chi connectivity index (χ4v) is 6.86. The van der Waals surface area contributed by atoms with E-state index in [4.69, 9.17) is 28.4 Å². The lowest BCUT2D eigenvalue weighted by Gasteiger charge is -2.48. The Bertz CT molecular complexity index is 1980. The first-order valence-corrected chi connectivity index (χ1v) is 19.8. The summed E-state index contributed by atoms with van der Waals surface area (Å²) in [6.45, 7) is -0.321. The van der Waals surface area contributed by atoms with Gasteiger partial charge in [0.25, 0.3) is 0 Å². The molecule has 2 fully saturated rings. The number of carbonyl (C=O) groups is 4. The minimum atomic E-state index is -1.89. The fraction of sp³-hybridized carbons (Fsp3) is 0.364. The highest BCUT2D eigenvalue weighted by molar-refractivity contribution is 5.69. The lowest BCUT2D eigenvalue weighted by molar-refractivity contribution is -0.265. The van der Waals surface area contributed by atoms with Gasteiger partial charge < -0.3 is 65.0 Å². The molecule has 0 bridgehead atoms. The van der Waals surface area contributed by atoms with Crippen molar-refractivity contribution in [3.63, 3.8) is 0 Å². The Kier molecular flexibility index (Phi) is 16.3. The predicted octanol–water partition coefficient (Wildman–Crippen LogP) is 3.78. The maximum Gasteiger partial charge on any atom is 0.407 e. The zero-order valence-corrected chi connectivity index (χ0v) is 33.1. The van der Waals surface area contributed by atoms with Crippen molar-refractivity contribution in [2.45, 2.75) is 94.2 Å². The number of amides is 4. The molecule has 4 aromatic rings. The second-order valence-electron chi connectivity index (χ2n) is 14.5. The van der Waals surface area contributed by atoms with Gasteiger partial charge in [0.05, 0.1) is 30.3 Å². The van der Waals surface area contributed by atoms with E-state index in [0.717, 1.165) is 11.1 Å². The molecule has 1 saturated heterocycles. The number of hydrogen-bond donors (Lipinski definition) is 7. The van der Waals surface area contributed by atoms with Crippen LogP contribution in [-0.4, -0.2) is 101 Å². The third-order valence-electron chi connectivity index (χ3n) is 10.1. The van der Waals surface area contributed by atoms with Gasteiger partial charge in [-0.25, -0.2) is 19.2 Å². The second kappa shape index (κ2) is 22.4. The number of nitrogens with one attached hydrogen (secondary N) is 4. The second-order valence-corrected chi connectivity index (χ2v) is 14.5. The molecule has 5 unspecified atom stereocenters. The van der Waals surface area contributed by atoms with E-state index in [-0.39, 0.29) is 39.4 Å². The SMILES string of the molecule is O=C(NCC1CCC(NC(=O)OCc2ccccc2)[C@@H](OC2C(O)[C@@H](O)[C@H](NC(=O)OCc3ccccc3)C(O)[C@@H]2NC(=O)OCc2ccccc2)O1)OCc1ccccc1. The summed E-state index contributed by atoms with van der Waals surface area (Å²) in [6, 6.07) is 31.6. The first-order chi connectivity index (χ1) is 29.6. The third-order valence-corrected chi connectivity index (χ3v) is 10.1. The predicted molar refractivity (Wildman–Crippen MR) is 216 cm³/mol. The molecule has 17 nitrogen and oxygen atoms in total.